The molecule has 0 heterocycles. The minimum atomic E-state index is 0.865. The Morgan fingerprint density at radius 1 is 1.11 bits per heavy atom. The number of hydrogen-bond donors (Lipinski definition) is 1. The third kappa shape index (κ3) is 1.97. The van der Waals surface area contributed by atoms with E-state index in [1.807, 2.05) is 0 Å². The molecule has 0 aromatic heterocycles. The van der Waals surface area contributed by atoms with Gasteiger partial charge in [0.05, 0.1) is 7.11 Å². The first kappa shape index (κ1) is 11.8. The van der Waals surface area contributed by atoms with Gasteiger partial charge in [0.2, 0.25) is 0 Å². The average molecular weight is 257 g/mol. The van der Waals surface area contributed by atoms with Gasteiger partial charge in [0.25, 0.3) is 0 Å². The molecule has 2 nitrogen and oxygen atoms in total. The molecule has 102 valence electrons. The molecule has 2 heteroatoms. The number of fused-ring (bicyclic) bond motifs is 5. The van der Waals surface area contributed by atoms with Crippen molar-refractivity contribution in [2.75, 3.05) is 13.7 Å². The van der Waals surface area contributed by atoms with Gasteiger partial charge in [-0.2, -0.15) is 0 Å². The minimum absolute atomic E-state index is 0.865. The van der Waals surface area contributed by atoms with Crippen molar-refractivity contribution < 1.29 is 4.74 Å². The molecule has 1 aromatic rings. The van der Waals surface area contributed by atoms with E-state index in [-0.39, 0.29) is 0 Å². The van der Waals surface area contributed by atoms with Crippen molar-refractivity contribution >= 4 is 0 Å². The topological polar surface area (TPSA) is 21.3 Å². The number of nitrogens with one attached hydrogen (secondary N) is 1. The van der Waals surface area contributed by atoms with E-state index in [1.54, 1.807) is 13.5 Å². The highest BCUT2D eigenvalue weighted by Gasteiger charge is 2.64. The lowest BCUT2D eigenvalue weighted by Gasteiger charge is -2.10. The van der Waals surface area contributed by atoms with Gasteiger partial charge in [0.15, 0.2) is 0 Å². The fraction of sp³-hybridized carbons (Fsp3) is 0.647. The van der Waals surface area contributed by atoms with Gasteiger partial charge in [0, 0.05) is 6.04 Å². The largest absolute Gasteiger partial charge is 0.497 e. The van der Waals surface area contributed by atoms with E-state index in [2.05, 4.69) is 29.6 Å². The highest BCUT2D eigenvalue weighted by Crippen LogP contribution is 2.65. The van der Waals surface area contributed by atoms with Crippen molar-refractivity contribution in [3.63, 3.8) is 0 Å². The lowest BCUT2D eigenvalue weighted by Crippen LogP contribution is -2.25. The van der Waals surface area contributed by atoms with Gasteiger partial charge < -0.3 is 10.1 Å². The van der Waals surface area contributed by atoms with Crippen LogP contribution in [0.4, 0.5) is 0 Å². The summed E-state index contributed by atoms with van der Waals surface area (Å²) in [6.07, 6.45) is 5.71. The smallest absolute Gasteiger partial charge is 0.118 e. The Bertz CT molecular complexity index is 439. The van der Waals surface area contributed by atoms with Crippen LogP contribution in [-0.4, -0.2) is 19.7 Å². The molecule has 0 radical (unpaired) electrons. The molecule has 3 aliphatic rings. The summed E-state index contributed by atoms with van der Waals surface area (Å²) in [5.41, 5.74) is 1.40. The van der Waals surface area contributed by atoms with Crippen LogP contribution in [0.3, 0.4) is 0 Å². The van der Waals surface area contributed by atoms with E-state index in [0.717, 1.165) is 48.4 Å². The zero-order valence-electron chi connectivity index (χ0n) is 11.6. The van der Waals surface area contributed by atoms with Crippen LogP contribution in [0.2, 0.25) is 0 Å². The van der Waals surface area contributed by atoms with E-state index in [1.165, 1.54) is 18.4 Å². The van der Waals surface area contributed by atoms with Crippen LogP contribution < -0.4 is 10.1 Å². The normalized spacial score (nSPS) is 38.3. The second-order valence-corrected chi connectivity index (χ2v) is 6.57. The Morgan fingerprint density at radius 3 is 2.42 bits per heavy atom. The highest BCUT2D eigenvalue weighted by molar-refractivity contribution is 5.27. The Balaban J connectivity index is 1.26. The van der Waals surface area contributed by atoms with Crippen molar-refractivity contribution in [2.45, 2.75) is 31.7 Å². The second kappa shape index (κ2) is 4.52. The SMILES string of the molecule is COc1ccc(CCNC2C3C4CCC(C4)C23)cc1. The predicted octanol–water partition coefficient (Wildman–Crippen LogP) is 2.87. The number of rotatable bonds is 5. The molecule has 1 aromatic carbocycles. The van der Waals surface area contributed by atoms with Crippen LogP contribution >= 0.6 is 0 Å². The number of ether oxygens (including phenoxy) is 1. The maximum Gasteiger partial charge on any atom is 0.118 e. The van der Waals surface area contributed by atoms with E-state index >= 15 is 0 Å². The molecule has 0 spiro atoms. The summed E-state index contributed by atoms with van der Waals surface area (Å²) < 4.78 is 5.19. The Labute approximate surface area is 115 Å². The van der Waals surface area contributed by atoms with Gasteiger partial charge in [-0.25, -0.2) is 0 Å². The molecule has 1 N–H and O–H groups in total. The van der Waals surface area contributed by atoms with Gasteiger partial charge in [-0.15, -0.1) is 0 Å². The monoisotopic (exact) mass is 257 g/mol. The number of methoxy groups -OCH3 is 1. The standard InChI is InChI=1S/C17H23NO/c1-19-14-6-2-11(3-7-14)8-9-18-17-15-12-4-5-13(10-12)16(15)17/h2-3,6-7,12-13,15-18H,4-5,8-10H2,1H3. The van der Waals surface area contributed by atoms with Crippen molar-refractivity contribution in [1.82, 2.24) is 5.32 Å². The molecule has 0 aliphatic heterocycles. The summed E-state index contributed by atoms with van der Waals surface area (Å²) in [5, 5.41) is 3.81. The third-order valence-corrected chi connectivity index (χ3v) is 5.69. The van der Waals surface area contributed by atoms with Gasteiger partial charge in [-0.1, -0.05) is 12.1 Å². The van der Waals surface area contributed by atoms with E-state index in [0.29, 0.717) is 0 Å². The highest BCUT2D eigenvalue weighted by atomic mass is 16.5. The van der Waals surface area contributed by atoms with Crippen molar-refractivity contribution in [2.24, 2.45) is 23.7 Å². The number of hydrogen-bond acceptors (Lipinski definition) is 2. The van der Waals surface area contributed by atoms with E-state index < -0.39 is 0 Å². The van der Waals surface area contributed by atoms with Crippen LogP contribution in [0.15, 0.2) is 24.3 Å². The summed E-state index contributed by atoms with van der Waals surface area (Å²) >= 11 is 0. The molecule has 0 saturated heterocycles. The fourth-order valence-electron chi connectivity index (χ4n) is 4.77. The van der Waals surface area contributed by atoms with E-state index in [9.17, 15) is 0 Å². The average Bonchev–Trinajstić information content (AvgIpc) is 2.84. The molecule has 2 bridgehead atoms. The molecule has 19 heavy (non-hydrogen) atoms. The number of benzene rings is 1. The zero-order valence-corrected chi connectivity index (χ0v) is 11.6. The summed E-state index contributed by atoms with van der Waals surface area (Å²) in [5.74, 6) is 5.20. The first-order valence-electron chi connectivity index (χ1n) is 7.73. The van der Waals surface area contributed by atoms with Gasteiger partial charge >= 0.3 is 0 Å². The van der Waals surface area contributed by atoms with E-state index in [4.69, 9.17) is 4.74 Å². The molecular formula is C17H23NO. The van der Waals surface area contributed by atoms with Crippen LogP contribution in [0.1, 0.15) is 24.8 Å². The van der Waals surface area contributed by atoms with Crippen molar-refractivity contribution in [3.8, 4) is 5.75 Å². The van der Waals surface area contributed by atoms with Gasteiger partial charge in [-0.3, -0.25) is 0 Å². The first-order chi connectivity index (χ1) is 9.36. The quantitative estimate of drug-likeness (QED) is 0.876. The molecule has 4 atom stereocenters. The Kier molecular flexibility index (Phi) is 2.80. The lowest BCUT2D eigenvalue weighted by molar-refractivity contribution is 0.414. The summed E-state index contributed by atoms with van der Waals surface area (Å²) in [7, 11) is 1.72. The summed E-state index contributed by atoms with van der Waals surface area (Å²) in [4.78, 5) is 0. The summed E-state index contributed by atoms with van der Waals surface area (Å²) in [6, 6.07) is 9.34. The lowest BCUT2D eigenvalue weighted by atomic mass is 10.0. The molecule has 3 fully saturated rings. The molecule has 4 rings (SSSR count). The third-order valence-electron chi connectivity index (χ3n) is 5.69. The zero-order chi connectivity index (χ0) is 12.8. The van der Waals surface area contributed by atoms with Crippen LogP contribution in [0, 0.1) is 23.7 Å². The minimum Gasteiger partial charge on any atom is -0.497 e. The maximum absolute atomic E-state index is 5.19. The van der Waals surface area contributed by atoms with Crippen LogP contribution in [0.5, 0.6) is 5.75 Å². The van der Waals surface area contributed by atoms with Crippen molar-refractivity contribution in [1.29, 1.82) is 0 Å². The second-order valence-electron chi connectivity index (χ2n) is 6.57. The van der Waals surface area contributed by atoms with Gasteiger partial charge in [0.1, 0.15) is 5.75 Å². The molecular weight excluding hydrogens is 234 g/mol. The van der Waals surface area contributed by atoms with Crippen LogP contribution in [0.25, 0.3) is 0 Å². The Hall–Kier alpha value is -1.02. The van der Waals surface area contributed by atoms with Crippen molar-refractivity contribution in [3.05, 3.63) is 29.8 Å². The first-order valence-corrected chi connectivity index (χ1v) is 7.73. The Morgan fingerprint density at radius 2 is 1.79 bits per heavy atom. The maximum atomic E-state index is 5.19. The molecule has 4 unspecified atom stereocenters. The predicted molar refractivity (Wildman–Crippen MR) is 76.3 cm³/mol. The molecule has 3 aliphatic carbocycles. The van der Waals surface area contributed by atoms with Crippen LogP contribution in [-0.2, 0) is 6.42 Å². The molecule has 3 saturated carbocycles. The van der Waals surface area contributed by atoms with Gasteiger partial charge in [-0.05, 0) is 73.6 Å². The summed E-state index contributed by atoms with van der Waals surface area (Å²) in [6.45, 7) is 1.13. The molecule has 0 amide bonds. The fourth-order valence-corrected chi connectivity index (χ4v) is 4.77.